The van der Waals surface area contributed by atoms with Crippen LogP contribution in [0.5, 0.6) is 0 Å². The molecule has 0 aliphatic carbocycles. The van der Waals surface area contributed by atoms with E-state index in [-0.39, 0.29) is 5.91 Å². The number of carbonyl (C=O) groups excluding carboxylic acids is 1. The van der Waals surface area contributed by atoms with Crippen molar-refractivity contribution in [2.24, 2.45) is 0 Å². The van der Waals surface area contributed by atoms with Gasteiger partial charge in [-0.3, -0.25) is 4.79 Å². The van der Waals surface area contributed by atoms with Gasteiger partial charge in [0, 0.05) is 11.4 Å². The van der Waals surface area contributed by atoms with Crippen LogP contribution in [-0.4, -0.2) is 10.9 Å². The molecule has 0 aliphatic heterocycles. The third-order valence-electron chi connectivity index (χ3n) is 3.93. The highest BCUT2D eigenvalue weighted by Crippen LogP contribution is 2.19. The Balaban J connectivity index is 1.68. The first-order valence-corrected chi connectivity index (χ1v) is 8.17. The number of aromatic nitrogens is 1. The summed E-state index contributed by atoms with van der Waals surface area (Å²) in [6.07, 6.45) is 1.61. The van der Waals surface area contributed by atoms with Crippen LogP contribution >= 0.6 is 0 Å². The standard InChI is InChI=1S/C21H18N4O/c1-14-3-9-19(15(2)11-14)25-21(26)20-10-8-18(13-23-20)24-17-6-4-16(12-22)5-7-17/h3-11,13,24H,1-2H3,(H,25,26). The molecule has 5 nitrogen and oxygen atoms in total. The molecule has 1 amide bonds. The number of rotatable bonds is 4. The molecule has 0 aliphatic rings. The molecule has 0 bridgehead atoms. The molecular formula is C21H18N4O. The molecule has 2 N–H and O–H groups in total. The number of nitriles is 1. The second-order valence-corrected chi connectivity index (χ2v) is 6.02. The minimum Gasteiger partial charge on any atom is -0.354 e. The van der Waals surface area contributed by atoms with Gasteiger partial charge in [0.2, 0.25) is 0 Å². The Hall–Kier alpha value is -3.65. The molecule has 0 spiro atoms. The van der Waals surface area contributed by atoms with E-state index in [0.29, 0.717) is 11.3 Å². The summed E-state index contributed by atoms with van der Waals surface area (Å²) in [5, 5.41) is 14.9. The van der Waals surface area contributed by atoms with E-state index in [1.807, 2.05) is 44.2 Å². The van der Waals surface area contributed by atoms with Crippen LogP contribution in [-0.2, 0) is 0 Å². The number of aryl methyl sites for hydroxylation is 2. The van der Waals surface area contributed by atoms with Gasteiger partial charge in [-0.25, -0.2) is 4.98 Å². The second kappa shape index (κ2) is 7.49. The summed E-state index contributed by atoms with van der Waals surface area (Å²) in [5.41, 5.74) is 5.50. The average molecular weight is 342 g/mol. The summed E-state index contributed by atoms with van der Waals surface area (Å²) in [7, 11) is 0. The van der Waals surface area contributed by atoms with Crippen LogP contribution in [0.3, 0.4) is 0 Å². The Labute approximate surface area is 152 Å². The lowest BCUT2D eigenvalue weighted by Gasteiger charge is -2.10. The summed E-state index contributed by atoms with van der Waals surface area (Å²) >= 11 is 0. The van der Waals surface area contributed by atoms with Gasteiger partial charge in [0.1, 0.15) is 5.69 Å². The molecule has 3 rings (SSSR count). The maximum Gasteiger partial charge on any atom is 0.274 e. The van der Waals surface area contributed by atoms with Crippen LogP contribution in [0.1, 0.15) is 27.2 Å². The first-order chi connectivity index (χ1) is 12.5. The maximum atomic E-state index is 12.4. The Bertz CT molecular complexity index is 970. The molecule has 5 heteroatoms. The summed E-state index contributed by atoms with van der Waals surface area (Å²) < 4.78 is 0. The summed E-state index contributed by atoms with van der Waals surface area (Å²) in [5.74, 6) is -0.248. The van der Waals surface area contributed by atoms with Crippen molar-refractivity contribution in [2.75, 3.05) is 10.6 Å². The van der Waals surface area contributed by atoms with Gasteiger partial charge in [0.25, 0.3) is 5.91 Å². The lowest BCUT2D eigenvalue weighted by Crippen LogP contribution is -2.14. The highest BCUT2D eigenvalue weighted by Gasteiger charge is 2.09. The Morgan fingerprint density at radius 3 is 2.35 bits per heavy atom. The summed E-state index contributed by atoms with van der Waals surface area (Å²) in [6.45, 7) is 3.97. The van der Waals surface area contributed by atoms with Crippen molar-refractivity contribution < 1.29 is 4.79 Å². The third kappa shape index (κ3) is 4.05. The monoisotopic (exact) mass is 342 g/mol. The first-order valence-electron chi connectivity index (χ1n) is 8.17. The van der Waals surface area contributed by atoms with E-state index in [2.05, 4.69) is 21.7 Å². The van der Waals surface area contributed by atoms with Crippen molar-refractivity contribution >= 4 is 23.0 Å². The molecule has 0 saturated heterocycles. The minimum absolute atomic E-state index is 0.248. The number of hydrogen-bond acceptors (Lipinski definition) is 4. The number of hydrogen-bond donors (Lipinski definition) is 2. The van der Waals surface area contributed by atoms with Crippen molar-refractivity contribution in [1.29, 1.82) is 5.26 Å². The number of amides is 1. The number of benzene rings is 2. The number of nitrogens with zero attached hydrogens (tertiary/aromatic N) is 2. The SMILES string of the molecule is Cc1ccc(NC(=O)c2ccc(Nc3ccc(C#N)cc3)cn2)c(C)c1. The molecule has 128 valence electrons. The van der Waals surface area contributed by atoms with Crippen molar-refractivity contribution in [2.45, 2.75) is 13.8 Å². The Kier molecular flexibility index (Phi) is 4.95. The molecule has 0 unspecified atom stereocenters. The predicted molar refractivity (Wildman–Crippen MR) is 103 cm³/mol. The third-order valence-corrected chi connectivity index (χ3v) is 3.93. The normalized spacial score (nSPS) is 10.0. The quantitative estimate of drug-likeness (QED) is 0.728. The topological polar surface area (TPSA) is 77.8 Å². The van der Waals surface area contributed by atoms with Crippen molar-refractivity contribution in [3.63, 3.8) is 0 Å². The lowest BCUT2D eigenvalue weighted by atomic mass is 10.1. The zero-order valence-electron chi connectivity index (χ0n) is 14.6. The summed E-state index contributed by atoms with van der Waals surface area (Å²) in [6, 6.07) is 18.5. The van der Waals surface area contributed by atoms with Crippen molar-refractivity contribution in [3.8, 4) is 6.07 Å². The predicted octanol–water partition coefficient (Wildman–Crippen LogP) is 4.57. The fourth-order valence-corrected chi connectivity index (χ4v) is 2.54. The van der Waals surface area contributed by atoms with Gasteiger partial charge >= 0.3 is 0 Å². The maximum absolute atomic E-state index is 12.4. The van der Waals surface area contributed by atoms with E-state index in [9.17, 15) is 4.79 Å². The largest absolute Gasteiger partial charge is 0.354 e. The fraction of sp³-hybridized carbons (Fsp3) is 0.0952. The van der Waals surface area contributed by atoms with E-state index >= 15 is 0 Å². The van der Waals surface area contributed by atoms with Crippen LogP contribution in [0.15, 0.2) is 60.8 Å². The van der Waals surface area contributed by atoms with Crippen LogP contribution in [0.4, 0.5) is 17.1 Å². The van der Waals surface area contributed by atoms with Gasteiger partial charge in [-0.1, -0.05) is 17.7 Å². The second-order valence-electron chi connectivity index (χ2n) is 6.02. The van der Waals surface area contributed by atoms with Crippen LogP contribution in [0, 0.1) is 25.2 Å². The van der Waals surface area contributed by atoms with Crippen LogP contribution in [0.2, 0.25) is 0 Å². The molecule has 0 radical (unpaired) electrons. The Morgan fingerprint density at radius 1 is 1.00 bits per heavy atom. The van der Waals surface area contributed by atoms with Gasteiger partial charge < -0.3 is 10.6 Å². The van der Waals surface area contributed by atoms with Crippen molar-refractivity contribution in [3.05, 3.63) is 83.2 Å². The van der Waals surface area contributed by atoms with Gasteiger partial charge in [-0.05, 0) is 61.9 Å². The number of carbonyl (C=O) groups is 1. The average Bonchev–Trinajstić information content (AvgIpc) is 2.65. The number of nitrogens with one attached hydrogen (secondary N) is 2. The van der Waals surface area contributed by atoms with E-state index in [4.69, 9.17) is 5.26 Å². The molecular weight excluding hydrogens is 324 g/mol. The molecule has 0 saturated carbocycles. The van der Waals surface area contributed by atoms with Crippen molar-refractivity contribution in [1.82, 2.24) is 4.98 Å². The summed E-state index contributed by atoms with van der Waals surface area (Å²) in [4.78, 5) is 16.6. The molecule has 26 heavy (non-hydrogen) atoms. The van der Waals surface area contributed by atoms with E-state index in [1.54, 1.807) is 30.5 Å². The Morgan fingerprint density at radius 2 is 1.73 bits per heavy atom. The zero-order valence-corrected chi connectivity index (χ0v) is 14.6. The zero-order chi connectivity index (χ0) is 18.5. The molecule has 0 atom stereocenters. The molecule has 2 aromatic carbocycles. The van der Waals surface area contributed by atoms with E-state index in [1.165, 1.54) is 0 Å². The molecule has 1 heterocycles. The number of anilines is 3. The molecule has 3 aromatic rings. The van der Waals surface area contributed by atoms with Gasteiger partial charge in [0.15, 0.2) is 0 Å². The first kappa shape index (κ1) is 17.2. The highest BCUT2D eigenvalue weighted by atomic mass is 16.1. The van der Waals surface area contributed by atoms with Crippen LogP contribution < -0.4 is 10.6 Å². The van der Waals surface area contributed by atoms with Gasteiger partial charge in [-0.2, -0.15) is 5.26 Å². The van der Waals surface area contributed by atoms with Gasteiger partial charge in [-0.15, -0.1) is 0 Å². The van der Waals surface area contributed by atoms with E-state index < -0.39 is 0 Å². The fourth-order valence-electron chi connectivity index (χ4n) is 2.54. The lowest BCUT2D eigenvalue weighted by molar-refractivity contribution is 0.102. The van der Waals surface area contributed by atoms with Crippen LogP contribution in [0.25, 0.3) is 0 Å². The highest BCUT2D eigenvalue weighted by molar-refractivity contribution is 6.03. The minimum atomic E-state index is -0.248. The van der Waals surface area contributed by atoms with E-state index in [0.717, 1.165) is 28.2 Å². The smallest absolute Gasteiger partial charge is 0.274 e. The molecule has 1 aromatic heterocycles. The molecule has 0 fully saturated rings. The number of pyridine rings is 1. The van der Waals surface area contributed by atoms with Gasteiger partial charge in [0.05, 0.1) is 23.5 Å².